The minimum atomic E-state index is -2.76. The Balaban J connectivity index is 2.06. The number of thioether (sulfide) groups is 1. The molecule has 2 rings (SSSR count). The van der Waals surface area contributed by atoms with Gasteiger partial charge in [0.25, 0.3) is 23.3 Å². The van der Waals surface area contributed by atoms with E-state index >= 15 is 0 Å². The van der Waals surface area contributed by atoms with Gasteiger partial charge in [-0.2, -0.15) is 8.78 Å². The Hall–Kier alpha value is -3.08. The van der Waals surface area contributed by atoms with Gasteiger partial charge in [-0.3, -0.25) is 30.6 Å². The first-order valence-corrected chi connectivity index (χ1v) is 7.51. The Labute approximate surface area is 143 Å². The number of non-ortho nitro benzene ring substituents is 1. The van der Waals surface area contributed by atoms with Crippen molar-refractivity contribution in [1.29, 1.82) is 0 Å². The van der Waals surface area contributed by atoms with Crippen LogP contribution in [0.3, 0.4) is 0 Å². The fourth-order valence-electron chi connectivity index (χ4n) is 1.76. The molecule has 0 aliphatic carbocycles. The van der Waals surface area contributed by atoms with Crippen molar-refractivity contribution >= 4 is 29.3 Å². The van der Waals surface area contributed by atoms with Gasteiger partial charge in [-0.25, -0.2) is 4.98 Å². The fraction of sp³-hybridized carbons (Fsp3) is 0.0714. The van der Waals surface area contributed by atoms with Crippen molar-refractivity contribution in [2.24, 2.45) is 0 Å². The van der Waals surface area contributed by atoms with Gasteiger partial charge in [0.15, 0.2) is 0 Å². The standard InChI is InChI=1S/C14H10F2N4O4S/c15-14(16)25-13-10(5-2-6-17-13)12(22)19-18-11(21)8-3-1-4-9(7-8)20(23)24/h1-7,14H,(H,18,21)(H,19,22). The predicted octanol–water partition coefficient (Wildman–Crippen LogP) is 2.38. The number of amides is 2. The van der Waals surface area contributed by atoms with Gasteiger partial charge in [-0.05, 0) is 30.0 Å². The number of nitro groups is 1. The molecule has 0 bridgehead atoms. The Kier molecular flexibility index (Phi) is 5.95. The second kappa shape index (κ2) is 8.15. The van der Waals surface area contributed by atoms with E-state index in [0.717, 1.165) is 6.07 Å². The second-order valence-electron chi connectivity index (χ2n) is 4.45. The molecule has 25 heavy (non-hydrogen) atoms. The quantitative estimate of drug-likeness (QED) is 0.476. The highest BCUT2D eigenvalue weighted by Gasteiger charge is 2.18. The summed E-state index contributed by atoms with van der Waals surface area (Å²) in [6, 6.07) is 7.52. The normalized spacial score (nSPS) is 10.4. The third-order valence-corrected chi connectivity index (χ3v) is 3.55. The number of nitrogens with one attached hydrogen (secondary N) is 2. The number of pyridine rings is 1. The number of aromatic nitrogens is 1. The summed E-state index contributed by atoms with van der Waals surface area (Å²) in [7, 11) is 0. The molecule has 0 unspecified atom stereocenters. The van der Waals surface area contributed by atoms with E-state index in [-0.39, 0.29) is 33.6 Å². The van der Waals surface area contributed by atoms with E-state index in [2.05, 4.69) is 15.8 Å². The number of carbonyl (C=O) groups is 2. The van der Waals surface area contributed by atoms with Crippen molar-refractivity contribution in [3.8, 4) is 0 Å². The first kappa shape index (κ1) is 18.3. The number of rotatable bonds is 5. The molecule has 1 heterocycles. The van der Waals surface area contributed by atoms with E-state index in [1.807, 2.05) is 0 Å². The molecular formula is C14H10F2N4O4S. The van der Waals surface area contributed by atoms with Gasteiger partial charge in [0, 0.05) is 23.9 Å². The summed E-state index contributed by atoms with van der Waals surface area (Å²) in [6.07, 6.45) is 1.25. The highest BCUT2D eigenvalue weighted by atomic mass is 32.2. The molecule has 0 aliphatic rings. The molecule has 8 nitrogen and oxygen atoms in total. The number of nitrogens with zero attached hydrogens (tertiary/aromatic N) is 2. The van der Waals surface area contributed by atoms with Gasteiger partial charge < -0.3 is 0 Å². The number of hydrogen-bond donors (Lipinski definition) is 2. The van der Waals surface area contributed by atoms with Gasteiger partial charge in [-0.1, -0.05) is 6.07 Å². The van der Waals surface area contributed by atoms with Gasteiger partial charge >= 0.3 is 0 Å². The van der Waals surface area contributed by atoms with Gasteiger partial charge in [-0.15, -0.1) is 0 Å². The minimum absolute atomic E-state index is 0.0529. The van der Waals surface area contributed by atoms with E-state index in [1.54, 1.807) is 0 Å². The predicted molar refractivity (Wildman–Crippen MR) is 84.1 cm³/mol. The number of alkyl halides is 2. The zero-order valence-corrected chi connectivity index (χ0v) is 13.1. The van der Waals surface area contributed by atoms with E-state index in [1.165, 1.54) is 36.5 Å². The summed E-state index contributed by atoms with van der Waals surface area (Å²) >= 11 is 0.0962. The van der Waals surface area contributed by atoms with Crippen LogP contribution in [-0.4, -0.2) is 27.5 Å². The largest absolute Gasteiger partial charge is 0.290 e. The average molecular weight is 368 g/mol. The monoisotopic (exact) mass is 368 g/mol. The van der Waals surface area contributed by atoms with Crippen molar-refractivity contribution < 1.29 is 23.3 Å². The van der Waals surface area contributed by atoms with Crippen LogP contribution in [0.15, 0.2) is 47.6 Å². The van der Waals surface area contributed by atoms with Crippen LogP contribution in [0, 0.1) is 10.1 Å². The Morgan fingerprint density at radius 2 is 1.88 bits per heavy atom. The van der Waals surface area contributed by atoms with Crippen LogP contribution >= 0.6 is 11.8 Å². The maximum Gasteiger partial charge on any atom is 0.290 e. The van der Waals surface area contributed by atoms with Gasteiger partial charge in [0.1, 0.15) is 5.03 Å². The van der Waals surface area contributed by atoms with E-state index in [0.29, 0.717) is 0 Å². The molecule has 0 aliphatic heterocycles. The third-order valence-electron chi connectivity index (χ3n) is 2.83. The highest BCUT2D eigenvalue weighted by Crippen LogP contribution is 2.26. The topological polar surface area (TPSA) is 114 Å². The maximum atomic E-state index is 12.5. The molecule has 0 saturated heterocycles. The molecular weight excluding hydrogens is 358 g/mol. The number of hydrazine groups is 1. The van der Waals surface area contributed by atoms with Crippen LogP contribution in [0.1, 0.15) is 20.7 Å². The number of benzene rings is 1. The van der Waals surface area contributed by atoms with Crippen molar-refractivity contribution in [3.05, 3.63) is 63.8 Å². The summed E-state index contributed by atoms with van der Waals surface area (Å²) in [6.45, 7) is 0. The molecule has 0 spiro atoms. The summed E-state index contributed by atoms with van der Waals surface area (Å²) in [5.41, 5.74) is 3.62. The molecule has 2 N–H and O–H groups in total. The van der Waals surface area contributed by atoms with Crippen LogP contribution in [-0.2, 0) is 0 Å². The summed E-state index contributed by atoms with van der Waals surface area (Å²) < 4.78 is 24.9. The lowest BCUT2D eigenvalue weighted by Crippen LogP contribution is -2.41. The van der Waals surface area contributed by atoms with E-state index < -0.39 is 22.5 Å². The van der Waals surface area contributed by atoms with Crippen molar-refractivity contribution in [1.82, 2.24) is 15.8 Å². The smallest absolute Gasteiger partial charge is 0.267 e. The van der Waals surface area contributed by atoms with Crippen LogP contribution in [0.2, 0.25) is 0 Å². The minimum Gasteiger partial charge on any atom is -0.267 e. The molecule has 2 amide bonds. The fourth-order valence-corrected chi connectivity index (χ4v) is 2.33. The summed E-state index contributed by atoms with van der Waals surface area (Å²) in [5, 5.41) is 10.5. The molecule has 1 aromatic carbocycles. The Morgan fingerprint density at radius 1 is 1.16 bits per heavy atom. The number of carbonyl (C=O) groups excluding carboxylic acids is 2. The van der Waals surface area contributed by atoms with Crippen LogP contribution < -0.4 is 10.9 Å². The third kappa shape index (κ3) is 4.94. The molecule has 0 saturated carbocycles. The zero-order chi connectivity index (χ0) is 18.4. The Bertz CT molecular complexity index is 819. The van der Waals surface area contributed by atoms with Gasteiger partial charge in [0.2, 0.25) is 0 Å². The molecule has 1 aromatic heterocycles. The van der Waals surface area contributed by atoms with E-state index in [9.17, 15) is 28.5 Å². The molecule has 130 valence electrons. The summed E-state index contributed by atoms with van der Waals surface area (Å²) in [5.74, 6) is -4.42. The van der Waals surface area contributed by atoms with Crippen LogP contribution in [0.4, 0.5) is 14.5 Å². The summed E-state index contributed by atoms with van der Waals surface area (Å²) in [4.78, 5) is 37.7. The lowest BCUT2D eigenvalue weighted by molar-refractivity contribution is -0.384. The highest BCUT2D eigenvalue weighted by molar-refractivity contribution is 7.99. The lowest BCUT2D eigenvalue weighted by atomic mass is 10.2. The molecule has 0 atom stereocenters. The number of nitro benzene ring substituents is 1. The SMILES string of the molecule is O=C(NNC(=O)c1cccnc1SC(F)F)c1cccc([N+](=O)[O-])c1. The zero-order valence-electron chi connectivity index (χ0n) is 12.3. The number of halogens is 2. The van der Waals surface area contributed by atoms with Crippen molar-refractivity contribution in [3.63, 3.8) is 0 Å². The van der Waals surface area contributed by atoms with Crippen molar-refractivity contribution in [2.45, 2.75) is 10.8 Å². The lowest BCUT2D eigenvalue weighted by Gasteiger charge is -2.09. The maximum absolute atomic E-state index is 12.5. The first-order valence-electron chi connectivity index (χ1n) is 6.63. The molecule has 0 radical (unpaired) electrons. The number of hydrogen-bond acceptors (Lipinski definition) is 6. The molecule has 11 heteroatoms. The second-order valence-corrected chi connectivity index (χ2v) is 5.43. The Morgan fingerprint density at radius 3 is 2.56 bits per heavy atom. The van der Waals surface area contributed by atoms with Crippen molar-refractivity contribution in [2.75, 3.05) is 0 Å². The van der Waals surface area contributed by atoms with Crippen LogP contribution in [0.5, 0.6) is 0 Å². The molecule has 2 aromatic rings. The average Bonchev–Trinajstić information content (AvgIpc) is 2.59. The van der Waals surface area contributed by atoms with Gasteiger partial charge in [0.05, 0.1) is 10.5 Å². The van der Waals surface area contributed by atoms with Crippen LogP contribution in [0.25, 0.3) is 0 Å². The van der Waals surface area contributed by atoms with E-state index in [4.69, 9.17) is 0 Å². The first-order chi connectivity index (χ1) is 11.9. The molecule has 0 fully saturated rings.